The molecule has 0 unspecified atom stereocenters. The summed E-state index contributed by atoms with van der Waals surface area (Å²) in [7, 11) is 1.55. The molecule has 1 aromatic heterocycles. The van der Waals surface area contributed by atoms with Crippen LogP contribution in [0.3, 0.4) is 0 Å². The number of rotatable bonds is 9. The van der Waals surface area contributed by atoms with E-state index in [2.05, 4.69) is 15.3 Å². The van der Waals surface area contributed by atoms with Crippen molar-refractivity contribution >= 4 is 5.97 Å². The number of aromatic nitrogens is 2. The lowest BCUT2D eigenvalue weighted by molar-refractivity contribution is -0.145. The first-order valence-corrected chi connectivity index (χ1v) is 14.8. The SMILES string of the molecule is COc1ccc(-c2cnc(C(F)(F)F)[nH]2)cc1[C@H]1CO[C@]2(CC[C@H](NCC(=O)OCc3ccccc3)[C@H]2c2ccc(F)cc2)C1. The molecule has 236 valence electrons. The Morgan fingerprint density at radius 1 is 1.11 bits per heavy atom. The fourth-order valence-electron chi connectivity index (χ4n) is 6.74. The van der Waals surface area contributed by atoms with E-state index >= 15 is 0 Å². The Hall–Kier alpha value is -4.22. The summed E-state index contributed by atoms with van der Waals surface area (Å²) in [5.74, 6) is -1.50. The highest BCUT2D eigenvalue weighted by molar-refractivity contribution is 5.71. The minimum atomic E-state index is -4.58. The number of imidazole rings is 1. The maximum absolute atomic E-state index is 13.9. The number of benzene rings is 3. The third-order valence-electron chi connectivity index (χ3n) is 8.82. The van der Waals surface area contributed by atoms with Crippen molar-refractivity contribution < 1.29 is 36.6 Å². The van der Waals surface area contributed by atoms with E-state index in [4.69, 9.17) is 14.2 Å². The Morgan fingerprint density at radius 2 is 1.89 bits per heavy atom. The average molecular weight is 624 g/mol. The van der Waals surface area contributed by atoms with Crippen molar-refractivity contribution in [2.75, 3.05) is 20.3 Å². The average Bonchev–Trinajstić information content (AvgIpc) is 3.79. The summed E-state index contributed by atoms with van der Waals surface area (Å²) in [6.45, 7) is 0.549. The Balaban J connectivity index is 1.22. The monoisotopic (exact) mass is 623 g/mol. The molecule has 7 nitrogen and oxygen atoms in total. The smallest absolute Gasteiger partial charge is 0.449 e. The van der Waals surface area contributed by atoms with E-state index in [9.17, 15) is 22.4 Å². The molecular formula is C34H33F4N3O4. The molecule has 1 aliphatic heterocycles. The molecule has 0 amide bonds. The molecule has 1 spiro atoms. The highest BCUT2D eigenvalue weighted by Crippen LogP contribution is 2.55. The van der Waals surface area contributed by atoms with Gasteiger partial charge in [-0.2, -0.15) is 13.2 Å². The number of halogens is 4. The topological polar surface area (TPSA) is 85.5 Å². The highest BCUT2D eigenvalue weighted by Gasteiger charge is 2.54. The van der Waals surface area contributed by atoms with Gasteiger partial charge in [-0.3, -0.25) is 4.79 Å². The molecule has 2 N–H and O–H groups in total. The first kappa shape index (κ1) is 30.8. The van der Waals surface area contributed by atoms with Gasteiger partial charge in [-0.25, -0.2) is 9.37 Å². The summed E-state index contributed by atoms with van der Waals surface area (Å²) < 4.78 is 71.2. The molecule has 45 heavy (non-hydrogen) atoms. The van der Waals surface area contributed by atoms with E-state index in [0.717, 1.165) is 16.7 Å². The number of carbonyl (C=O) groups excluding carboxylic acids is 1. The Morgan fingerprint density at radius 3 is 2.60 bits per heavy atom. The zero-order chi connectivity index (χ0) is 31.6. The normalized spacial score (nSPS) is 23.0. The van der Waals surface area contributed by atoms with Gasteiger partial charge in [0.05, 0.1) is 37.8 Å². The van der Waals surface area contributed by atoms with Crippen molar-refractivity contribution in [3.63, 3.8) is 0 Å². The summed E-state index contributed by atoms with van der Waals surface area (Å²) in [6.07, 6.45) is -1.40. The third-order valence-corrected chi connectivity index (χ3v) is 8.82. The van der Waals surface area contributed by atoms with Crippen LogP contribution < -0.4 is 10.1 Å². The van der Waals surface area contributed by atoms with E-state index in [-0.39, 0.29) is 48.5 Å². The van der Waals surface area contributed by atoms with Crippen LogP contribution in [0.5, 0.6) is 5.75 Å². The van der Waals surface area contributed by atoms with Gasteiger partial charge >= 0.3 is 12.1 Å². The second kappa shape index (κ2) is 12.6. The van der Waals surface area contributed by atoms with Crippen molar-refractivity contribution in [3.8, 4) is 17.0 Å². The summed E-state index contributed by atoms with van der Waals surface area (Å²) in [5.41, 5.74) is 2.77. The largest absolute Gasteiger partial charge is 0.496 e. The summed E-state index contributed by atoms with van der Waals surface area (Å²) >= 11 is 0. The second-order valence-electron chi connectivity index (χ2n) is 11.6. The first-order chi connectivity index (χ1) is 21.6. The molecule has 1 aliphatic carbocycles. The van der Waals surface area contributed by atoms with Gasteiger partial charge in [-0.15, -0.1) is 0 Å². The number of nitrogens with zero attached hydrogens (tertiary/aromatic N) is 1. The summed E-state index contributed by atoms with van der Waals surface area (Å²) in [4.78, 5) is 18.5. The van der Waals surface area contributed by atoms with Crippen molar-refractivity contribution in [2.24, 2.45) is 0 Å². The Labute approximate surface area is 257 Å². The van der Waals surface area contributed by atoms with Gasteiger partial charge in [0.2, 0.25) is 5.82 Å². The van der Waals surface area contributed by atoms with Crippen LogP contribution in [0.2, 0.25) is 0 Å². The molecule has 0 bridgehead atoms. The minimum absolute atomic E-state index is 0.00860. The van der Waals surface area contributed by atoms with Gasteiger partial charge in [0.1, 0.15) is 18.2 Å². The van der Waals surface area contributed by atoms with Gasteiger partial charge < -0.3 is 24.5 Å². The number of ether oxygens (including phenoxy) is 3. The molecule has 0 radical (unpaired) electrons. The number of aromatic amines is 1. The van der Waals surface area contributed by atoms with Gasteiger partial charge in [0, 0.05) is 29.0 Å². The van der Waals surface area contributed by atoms with Crippen LogP contribution in [-0.2, 0) is 27.1 Å². The first-order valence-electron chi connectivity index (χ1n) is 14.8. The highest BCUT2D eigenvalue weighted by atomic mass is 19.4. The standard InChI is InChI=1S/C34H33F4N3O4/c1-43-29-12-9-23(28-17-40-32(41-28)34(36,37)38)15-26(29)24-16-33(45-20-24)14-13-27(31(33)22-7-10-25(35)11-8-22)39-18-30(42)44-19-21-5-3-2-4-6-21/h2-12,15,17,24,27,31,39H,13-14,16,18-20H2,1H3,(H,40,41)/t24-,27+,31-,33-/m1/s1. The van der Waals surface area contributed by atoms with Crippen LogP contribution in [0.15, 0.2) is 79.0 Å². The van der Waals surface area contributed by atoms with Gasteiger partial charge in [-0.1, -0.05) is 42.5 Å². The Bertz CT molecular complexity index is 1630. The van der Waals surface area contributed by atoms with Gasteiger partial charge in [0.25, 0.3) is 0 Å². The number of alkyl halides is 3. The molecule has 2 heterocycles. The minimum Gasteiger partial charge on any atom is -0.496 e. The van der Waals surface area contributed by atoms with Gasteiger partial charge in [0.15, 0.2) is 0 Å². The number of H-pyrrole nitrogens is 1. The van der Waals surface area contributed by atoms with E-state index < -0.39 is 17.6 Å². The molecule has 4 atom stereocenters. The van der Waals surface area contributed by atoms with E-state index in [1.165, 1.54) is 18.3 Å². The van der Waals surface area contributed by atoms with Crippen LogP contribution in [-0.4, -0.2) is 47.8 Å². The van der Waals surface area contributed by atoms with E-state index in [0.29, 0.717) is 37.2 Å². The number of hydrogen-bond donors (Lipinski definition) is 2. The lowest BCUT2D eigenvalue weighted by atomic mass is 9.78. The number of methoxy groups -OCH3 is 1. The maximum atomic E-state index is 13.9. The molecule has 1 saturated heterocycles. The van der Waals surface area contributed by atoms with Crippen molar-refractivity contribution in [2.45, 2.75) is 55.5 Å². The molecule has 11 heteroatoms. The fraction of sp³-hybridized carbons (Fsp3) is 0.353. The fourth-order valence-corrected chi connectivity index (χ4v) is 6.74. The zero-order valence-electron chi connectivity index (χ0n) is 24.6. The summed E-state index contributed by atoms with van der Waals surface area (Å²) in [5, 5.41) is 3.38. The number of esters is 1. The zero-order valence-corrected chi connectivity index (χ0v) is 24.6. The molecule has 6 rings (SSSR count). The molecule has 1 saturated carbocycles. The van der Waals surface area contributed by atoms with Crippen molar-refractivity contribution in [1.29, 1.82) is 0 Å². The lowest BCUT2D eigenvalue weighted by Gasteiger charge is -2.34. The molecular weight excluding hydrogens is 590 g/mol. The van der Waals surface area contributed by atoms with Crippen molar-refractivity contribution in [1.82, 2.24) is 15.3 Å². The van der Waals surface area contributed by atoms with Crippen LogP contribution in [0, 0.1) is 5.82 Å². The molecule has 3 aromatic carbocycles. The van der Waals surface area contributed by atoms with E-state index in [1.807, 2.05) is 36.4 Å². The lowest BCUT2D eigenvalue weighted by Crippen LogP contribution is -2.42. The van der Waals surface area contributed by atoms with Crippen LogP contribution >= 0.6 is 0 Å². The third kappa shape index (κ3) is 6.60. The van der Waals surface area contributed by atoms with Crippen LogP contribution in [0.25, 0.3) is 11.3 Å². The predicted octanol–water partition coefficient (Wildman–Crippen LogP) is 6.77. The quantitative estimate of drug-likeness (QED) is 0.158. The van der Waals surface area contributed by atoms with Crippen molar-refractivity contribution in [3.05, 3.63) is 107 Å². The predicted molar refractivity (Wildman–Crippen MR) is 158 cm³/mol. The maximum Gasteiger partial charge on any atom is 0.449 e. The van der Waals surface area contributed by atoms with Crippen LogP contribution in [0.4, 0.5) is 17.6 Å². The van der Waals surface area contributed by atoms with E-state index in [1.54, 1.807) is 31.4 Å². The van der Waals surface area contributed by atoms with Gasteiger partial charge in [-0.05, 0) is 60.7 Å². The summed E-state index contributed by atoms with van der Waals surface area (Å²) in [6, 6.07) is 20.9. The van der Waals surface area contributed by atoms with Crippen LogP contribution in [0.1, 0.15) is 53.6 Å². The molecule has 2 fully saturated rings. The molecule has 4 aromatic rings. The second-order valence-corrected chi connectivity index (χ2v) is 11.6. The number of hydrogen-bond acceptors (Lipinski definition) is 6. The molecule has 2 aliphatic rings. The number of nitrogens with one attached hydrogen (secondary N) is 2. The Kier molecular flexibility index (Phi) is 8.65. The number of carbonyl (C=O) groups is 1.